The van der Waals surface area contributed by atoms with E-state index >= 15 is 0 Å². The molecular formula is C29H38N2O4. The van der Waals surface area contributed by atoms with Crippen molar-refractivity contribution in [2.75, 3.05) is 14.2 Å². The van der Waals surface area contributed by atoms with Crippen molar-refractivity contribution in [3.05, 3.63) is 85.0 Å². The Labute approximate surface area is 209 Å². The summed E-state index contributed by atoms with van der Waals surface area (Å²) in [5, 5.41) is 11.8. The van der Waals surface area contributed by atoms with Crippen LogP contribution in [0.3, 0.4) is 0 Å². The number of nitrogens with zero attached hydrogens (tertiary/aromatic N) is 2. The van der Waals surface area contributed by atoms with E-state index in [1.54, 1.807) is 19.1 Å². The van der Waals surface area contributed by atoms with Crippen molar-refractivity contribution in [2.45, 2.75) is 57.6 Å². The van der Waals surface area contributed by atoms with E-state index in [4.69, 9.17) is 9.47 Å². The Bertz CT molecular complexity index is 990. The van der Waals surface area contributed by atoms with E-state index in [1.807, 2.05) is 60.7 Å². The number of aliphatic hydroxyl groups is 1. The summed E-state index contributed by atoms with van der Waals surface area (Å²) in [6.07, 6.45) is 3.62. The molecule has 2 atom stereocenters. The molecule has 1 aliphatic rings. The highest BCUT2D eigenvalue weighted by Gasteiger charge is 2.55. The van der Waals surface area contributed by atoms with Gasteiger partial charge in [-0.05, 0) is 54.2 Å². The number of hydrogen-bond acceptors (Lipinski definition) is 5. The molecule has 3 rings (SSSR count). The summed E-state index contributed by atoms with van der Waals surface area (Å²) in [5.41, 5.74) is 1.20. The van der Waals surface area contributed by atoms with Crippen LogP contribution in [0, 0.1) is 5.92 Å². The van der Waals surface area contributed by atoms with Crippen LogP contribution in [-0.2, 0) is 17.9 Å². The minimum atomic E-state index is -1.04. The van der Waals surface area contributed by atoms with Crippen LogP contribution in [0.5, 0.6) is 11.5 Å². The Morgan fingerprint density at radius 2 is 1.37 bits per heavy atom. The zero-order chi connectivity index (χ0) is 25.6. The molecule has 1 aliphatic heterocycles. The minimum absolute atomic E-state index is 0.0284. The van der Waals surface area contributed by atoms with Crippen molar-refractivity contribution >= 4 is 5.91 Å². The zero-order valence-electron chi connectivity index (χ0n) is 21.3. The first-order chi connectivity index (χ1) is 16.8. The van der Waals surface area contributed by atoms with Crippen LogP contribution in [0.1, 0.15) is 37.8 Å². The summed E-state index contributed by atoms with van der Waals surface area (Å²) in [5.74, 6) is 1.47. The molecule has 1 amide bonds. The van der Waals surface area contributed by atoms with Gasteiger partial charge >= 0.3 is 0 Å². The highest BCUT2D eigenvalue weighted by atomic mass is 16.5. The highest BCUT2D eigenvalue weighted by molar-refractivity contribution is 5.83. The van der Waals surface area contributed by atoms with Gasteiger partial charge in [-0.25, -0.2) is 0 Å². The van der Waals surface area contributed by atoms with Crippen LogP contribution in [0.15, 0.2) is 73.8 Å². The van der Waals surface area contributed by atoms with Gasteiger partial charge in [0.05, 0.1) is 25.8 Å². The van der Waals surface area contributed by atoms with E-state index in [-0.39, 0.29) is 11.8 Å². The molecule has 1 fully saturated rings. The minimum Gasteiger partial charge on any atom is -0.497 e. The molecule has 0 saturated carbocycles. The number of hydrogen-bond donors (Lipinski definition) is 1. The highest BCUT2D eigenvalue weighted by Crippen LogP contribution is 2.41. The molecule has 35 heavy (non-hydrogen) atoms. The van der Waals surface area contributed by atoms with Crippen LogP contribution < -0.4 is 9.47 Å². The molecule has 0 aliphatic carbocycles. The second-order valence-electron chi connectivity index (χ2n) is 9.44. The van der Waals surface area contributed by atoms with E-state index < -0.39 is 17.8 Å². The predicted octanol–water partition coefficient (Wildman–Crippen LogP) is 4.78. The predicted molar refractivity (Wildman–Crippen MR) is 139 cm³/mol. The fourth-order valence-corrected chi connectivity index (χ4v) is 5.09. The number of carbonyl (C=O) groups is 1. The third kappa shape index (κ3) is 5.44. The number of aliphatic hydroxyl groups excluding tert-OH is 1. The summed E-state index contributed by atoms with van der Waals surface area (Å²) >= 11 is 0. The van der Waals surface area contributed by atoms with Crippen LogP contribution in [0.4, 0.5) is 0 Å². The third-order valence-corrected chi connectivity index (χ3v) is 6.87. The fraction of sp³-hybridized carbons (Fsp3) is 0.414. The molecule has 0 aromatic heterocycles. The molecule has 188 valence electrons. The van der Waals surface area contributed by atoms with Crippen LogP contribution in [0.25, 0.3) is 0 Å². The first-order valence-electron chi connectivity index (χ1n) is 12.0. The van der Waals surface area contributed by atoms with Gasteiger partial charge in [0.2, 0.25) is 5.91 Å². The quantitative estimate of drug-likeness (QED) is 0.471. The smallest absolute Gasteiger partial charge is 0.242 e. The van der Waals surface area contributed by atoms with Gasteiger partial charge in [0.25, 0.3) is 0 Å². The lowest BCUT2D eigenvalue weighted by Gasteiger charge is -2.57. The molecule has 0 spiro atoms. The summed E-state index contributed by atoms with van der Waals surface area (Å²) < 4.78 is 10.6. The van der Waals surface area contributed by atoms with Crippen molar-refractivity contribution in [3.8, 4) is 11.5 Å². The number of amides is 1. The number of piperazine rings is 1. The maximum absolute atomic E-state index is 13.9. The van der Waals surface area contributed by atoms with E-state index in [1.165, 1.54) is 0 Å². The molecule has 1 N–H and O–H groups in total. The van der Waals surface area contributed by atoms with Gasteiger partial charge in [-0.15, -0.1) is 13.2 Å². The Hall–Kier alpha value is -3.09. The van der Waals surface area contributed by atoms with Crippen molar-refractivity contribution in [1.29, 1.82) is 0 Å². The number of rotatable bonds is 11. The van der Waals surface area contributed by atoms with Gasteiger partial charge < -0.3 is 19.5 Å². The van der Waals surface area contributed by atoms with Crippen molar-refractivity contribution in [1.82, 2.24) is 9.80 Å². The number of carbonyl (C=O) groups excluding carboxylic acids is 1. The standard InChI is InChI=1S/C29H38N2O4/c1-7-17-29(18-8-2)28(33)30(19-22-9-13-24(34-5)14-10-22)27(32)26(21(3)4)31(29)20-23-11-15-25(35-6)16-12-23/h7-16,21,26,28,33H,1-2,17-20H2,3-6H3/t26-,28-/m0/s1. The van der Waals surface area contributed by atoms with Gasteiger partial charge in [0.15, 0.2) is 0 Å². The number of benzene rings is 2. The molecule has 2 aromatic carbocycles. The monoisotopic (exact) mass is 478 g/mol. The molecular weight excluding hydrogens is 440 g/mol. The SMILES string of the molecule is C=CCC1(CC=C)[C@H](O)N(Cc2ccc(OC)cc2)C(=O)[C@H](C(C)C)N1Cc1ccc(OC)cc1. The molecule has 6 heteroatoms. The molecule has 2 aromatic rings. The Kier molecular flexibility index (Phi) is 8.76. The fourth-order valence-electron chi connectivity index (χ4n) is 5.09. The van der Waals surface area contributed by atoms with Crippen LogP contribution >= 0.6 is 0 Å². The van der Waals surface area contributed by atoms with Gasteiger partial charge in [-0.3, -0.25) is 9.69 Å². The van der Waals surface area contributed by atoms with Crippen molar-refractivity contribution in [3.63, 3.8) is 0 Å². The number of ether oxygens (including phenoxy) is 2. The van der Waals surface area contributed by atoms with Crippen LogP contribution in [0.2, 0.25) is 0 Å². The lowest BCUT2D eigenvalue weighted by Crippen LogP contribution is -2.73. The van der Waals surface area contributed by atoms with Crippen LogP contribution in [-0.4, -0.2) is 52.8 Å². The average Bonchev–Trinajstić information content (AvgIpc) is 2.86. The first-order valence-corrected chi connectivity index (χ1v) is 12.0. The molecule has 6 nitrogen and oxygen atoms in total. The topological polar surface area (TPSA) is 62.2 Å². The summed E-state index contributed by atoms with van der Waals surface area (Å²) in [6, 6.07) is 15.0. The van der Waals surface area contributed by atoms with E-state index in [2.05, 4.69) is 31.9 Å². The molecule has 0 unspecified atom stereocenters. The number of methoxy groups -OCH3 is 2. The largest absolute Gasteiger partial charge is 0.497 e. The van der Waals surface area contributed by atoms with Crippen molar-refractivity contribution in [2.24, 2.45) is 5.92 Å². The molecule has 1 saturated heterocycles. The second-order valence-corrected chi connectivity index (χ2v) is 9.44. The molecule has 1 heterocycles. The summed E-state index contributed by atoms with van der Waals surface area (Å²) in [6.45, 7) is 12.9. The van der Waals surface area contributed by atoms with Gasteiger partial charge in [0.1, 0.15) is 17.7 Å². The average molecular weight is 479 g/mol. The zero-order valence-corrected chi connectivity index (χ0v) is 21.3. The summed E-state index contributed by atoms with van der Waals surface area (Å²) in [4.78, 5) is 17.7. The molecule has 0 radical (unpaired) electrons. The normalized spacial score (nSPS) is 20.1. The first kappa shape index (κ1) is 26.5. The van der Waals surface area contributed by atoms with E-state index in [0.29, 0.717) is 25.9 Å². The second kappa shape index (κ2) is 11.6. The van der Waals surface area contributed by atoms with Gasteiger partial charge in [0, 0.05) is 13.1 Å². The third-order valence-electron chi connectivity index (χ3n) is 6.87. The summed E-state index contributed by atoms with van der Waals surface area (Å²) in [7, 11) is 3.26. The van der Waals surface area contributed by atoms with E-state index in [0.717, 1.165) is 22.6 Å². The Morgan fingerprint density at radius 1 is 0.914 bits per heavy atom. The van der Waals surface area contributed by atoms with Crippen molar-refractivity contribution < 1.29 is 19.4 Å². The lowest BCUT2D eigenvalue weighted by atomic mass is 9.79. The Balaban J connectivity index is 2.06. The molecule has 0 bridgehead atoms. The Morgan fingerprint density at radius 3 is 1.77 bits per heavy atom. The van der Waals surface area contributed by atoms with Gasteiger partial charge in [-0.1, -0.05) is 50.3 Å². The maximum Gasteiger partial charge on any atom is 0.242 e. The van der Waals surface area contributed by atoms with E-state index in [9.17, 15) is 9.90 Å². The lowest BCUT2D eigenvalue weighted by molar-refractivity contribution is -0.199. The maximum atomic E-state index is 13.9. The van der Waals surface area contributed by atoms with Gasteiger partial charge in [-0.2, -0.15) is 0 Å².